The number of para-hydroxylation sites is 1. The molecule has 1 saturated heterocycles. The van der Waals surface area contributed by atoms with Crippen LogP contribution in [0.1, 0.15) is 18.1 Å². The van der Waals surface area contributed by atoms with Crippen molar-refractivity contribution in [3.05, 3.63) is 59.9 Å². The Balaban J connectivity index is 1.55. The Morgan fingerprint density at radius 2 is 1.92 bits per heavy atom. The Morgan fingerprint density at radius 3 is 2.62 bits per heavy atom. The molecule has 5 nitrogen and oxygen atoms in total. The van der Waals surface area contributed by atoms with Gasteiger partial charge in [-0.2, -0.15) is 0 Å². The second-order valence-electron chi connectivity index (χ2n) is 7.20. The maximum absolute atomic E-state index is 12.8. The van der Waals surface area contributed by atoms with Crippen LogP contribution in [0, 0.1) is 6.92 Å². The first kappa shape index (κ1) is 18.4. The summed E-state index contributed by atoms with van der Waals surface area (Å²) in [5, 5.41) is 0. The van der Waals surface area contributed by atoms with Crippen LogP contribution in [-0.4, -0.2) is 60.0 Å². The van der Waals surface area contributed by atoms with E-state index >= 15 is 0 Å². The highest BCUT2D eigenvalue weighted by molar-refractivity contribution is 5.79. The minimum atomic E-state index is 0.207. The molecule has 138 valence electrons. The molecule has 5 heteroatoms. The number of aryl methyl sites for hydroxylation is 1. The lowest BCUT2D eigenvalue weighted by Gasteiger charge is -2.42. The first-order valence-electron chi connectivity index (χ1n) is 9.22. The first-order valence-corrected chi connectivity index (χ1v) is 9.22. The molecule has 0 N–H and O–H groups in total. The van der Waals surface area contributed by atoms with Gasteiger partial charge in [-0.25, -0.2) is 0 Å². The molecule has 1 aromatic heterocycles. The summed E-state index contributed by atoms with van der Waals surface area (Å²) in [5.41, 5.74) is 3.74. The van der Waals surface area contributed by atoms with Crippen LogP contribution in [0.3, 0.4) is 0 Å². The van der Waals surface area contributed by atoms with Gasteiger partial charge in [0.2, 0.25) is 5.91 Å². The molecule has 1 aliphatic heterocycles. The quantitative estimate of drug-likeness (QED) is 0.829. The fraction of sp³-hybridized carbons (Fsp3) is 0.429. The maximum Gasteiger partial charge on any atom is 0.237 e. The highest BCUT2D eigenvalue weighted by Gasteiger charge is 2.28. The predicted molar refractivity (Wildman–Crippen MR) is 105 cm³/mol. The van der Waals surface area contributed by atoms with Gasteiger partial charge in [0.15, 0.2) is 0 Å². The third-order valence-corrected chi connectivity index (χ3v) is 5.01. The van der Waals surface area contributed by atoms with Crippen molar-refractivity contribution in [3.8, 4) is 0 Å². The Hall–Kier alpha value is -2.40. The second kappa shape index (κ2) is 8.32. The van der Waals surface area contributed by atoms with E-state index in [-0.39, 0.29) is 11.9 Å². The van der Waals surface area contributed by atoms with Crippen LogP contribution >= 0.6 is 0 Å². The predicted octanol–water partition coefficient (Wildman–Crippen LogP) is 2.56. The standard InChI is InChI=1S/C21H28N4O/c1-17-6-4-5-7-20(17)24-12-13-25(18(2)14-24)21(26)16-23(3)15-19-8-10-22-11-9-19/h4-11,18H,12-16H2,1-3H3. The molecule has 0 spiro atoms. The summed E-state index contributed by atoms with van der Waals surface area (Å²) in [4.78, 5) is 23.3. The summed E-state index contributed by atoms with van der Waals surface area (Å²) in [6.45, 7) is 8.02. The molecule has 1 aliphatic rings. The van der Waals surface area contributed by atoms with Crippen LogP contribution in [0.4, 0.5) is 5.69 Å². The number of carbonyl (C=O) groups is 1. The number of piperazine rings is 1. The van der Waals surface area contributed by atoms with Gasteiger partial charge in [0.1, 0.15) is 0 Å². The summed E-state index contributed by atoms with van der Waals surface area (Å²) < 4.78 is 0. The molecular weight excluding hydrogens is 324 g/mol. The van der Waals surface area contributed by atoms with Gasteiger partial charge in [0, 0.05) is 50.3 Å². The van der Waals surface area contributed by atoms with Crippen molar-refractivity contribution in [2.24, 2.45) is 0 Å². The second-order valence-corrected chi connectivity index (χ2v) is 7.20. The van der Waals surface area contributed by atoms with Gasteiger partial charge in [0.05, 0.1) is 6.54 Å². The number of aromatic nitrogens is 1. The largest absolute Gasteiger partial charge is 0.367 e. The Bertz CT molecular complexity index is 734. The van der Waals surface area contributed by atoms with E-state index in [2.05, 4.69) is 52.9 Å². The zero-order valence-corrected chi connectivity index (χ0v) is 15.9. The minimum absolute atomic E-state index is 0.207. The molecule has 2 heterocycles. The van der Waals surface area contributed by atoms with Crippen LogP contribution in [0.5, 0.6) is 0 Å². The van der Waals surface area contributed by atoms with E-state index in [1.165, 1.54) is 16.8 Å². The topological polar surface area (TPSA) is 39.7 Å². The van der Waals surface area contributed by atoms with Crippen LogP contribution < -0.4 is 4.90 Å². The number of hydrogen-bond donors (Lipinski definition) is 0. The number of carbonyl (C=O) groups excluding carboxylic acids is 1. The van der Waals surface area contributed by atoms with Gasteiger partial charge in [-0.15, -0.1) is 0 Å². The summed E-state index contributed by atoms with van der Waals surface area (Å²) in [5.74, 6) is 0.207. The monoisotopic (exact) mass is 352 g/mol. The molecule has 1 aromatic carbocycles. The van der Waals surface area contributed by atoms with Crippen LogP contribution in [-0.2, 0) is 11.3 Å². The number of likely N-dealkylation sites (N-methyl/N-ethyl adjacent to an activating group) is 1. The number of anilines is 1. The number of rotatable bonds is 5. The number of hydrogen-bond acceptors (Lipinski definition) is 4. The number of pyridine rings is 1. The lowest BCUT2D eigenvalue weighted by Crippen LogP contribution is -2.55. The van der Waals surface area contributed by atoms with Gasteiger partial charge >= 0.3 is 0 Å². The average Bonchev–Trinajstić information content (AvgIpc) is 2.62. The van der Waals surface area contributed by atoms with E-state index in [0.29, 0.717) is 6.54 Å². The number of nitrogens with zero attached hydrogens (tertiary/aromatic N) is 4. The lowest BCUT2D eigenvalue weighted by molar-refractivity contribution is -0.134. The molecule has 1 unspecified atom stereocenters. The molecule has 1 amide bonds. The van der Waals surface area contributed by atoms with E-state index in [0.717, 1.165) is 26.2 Å². The van der Waals surface area contributed by atoms with E-state index in [4.69, 9.17) is 0 Å². The van der Waals surface area contributed by atoms with Gasteiger partial charge in [-0.3, -0.25) is 14.7 Å². The molecule has 0 aliphatic carbocycles. The Kier molecular flexibility index (Phi) is 5.89. The third-order valence-electron chi connectivity index (χ3n) is 5.01. The fourth-order valence-electron chi connectivity index (χ4n) is 3.64. The van der Waals surface area contributed by atoms with Crippen molar-refractivity contribution in [2.45, 2.75) is 26.4 Å². The van der Waals surface area contributed by atoms with Crippen LogP contribution in [0.25, 0.3) is 0 Å². The van der Waals surface area contributed by atoms with Crippen molar-refractivity contribution in [1.82, 2.24) is 14.8 Å². The molecule has 2 aromatic rings. The van der Waals surface area contributed by atoms with Gasteiger partial charge in [0.25, 0.3) is 0 Å². The van der Waals surface area contributed by atoms with Crippen molar-refractivity contribution in [3.63, 3.8) is 0 Å². The molecule has 1 atom stereocenters. The average molecular weight is 352 g/mol. The maximum atomic E-state index is 12.8. The summed E-state index contributed by atoms with van der Waals surface area (Å²) >= 11 is 0. The zero-order valence-electron chi connectivity index (χ0n) is 15.9. The van der Waals surface area contributed by atoms with Crippen molar-refractivity contribution >= 4 is 11.6 Å². The normalized spacial score (nSPS) is 17.6. The highest BCUT2D eigenvalue weighted by Crippen LogP contribution is 2.23. The third kappa shape index (κ3) is 4.41. The molecule has 0 saturated carbocycles. The van der Waals surface area contributed by atoms with E-state index in [1.54, 1.807) is 12.4 Å². The van der Waals surface area contributed by atoms with E-state index < -0.39 is 0 Å². The number of amides is 1. The SMILES string of the molecule is Cc1ccccc1N1CCN(C(=O)CN(C)Cc2ccncc2)C(C)C1. The van der Waals surface area contributed by atoms with E-state index in [9.17, 15) is 4.79 Å². The molecular formula is C21H28N4O. The molecule has 0 radical (unpaired) electrons. The zero-order chi connectivity index (χ0) is 18.5. The van der Waals surface area contributed by atoms with Crippen molar-refractivity contribution in [2.75, 3.05) is 38.1 Å². The molecule has 26 heavy (non-hydrogen) atoms. The van der Waals surface area contributed by atoms with Gasteiger partial charge in [-0.05, 0) is 50.2 Å². The Labute approximate surface area is 156 Å². The number of benzene rings is 1. The molecule has 0 bridgehead atoms. The Morgan fingerprint density at radius 1 is 1.19 bits per heavy atom. The van der Waals surface area contributed by atoms with E-state index in [1.807, 2.05) is 24.1 Å². The molecule has 3 rings (SSSR count). The summed E-state index contributed by atoms with van der Waals surface area (Å²) in [7, 11) is 1.99. The summed E-state index contributed by atoms with van der Waals surface area (Å²) in [6.07, 6.45) is 3.58. The highest BCUT2D eigenvalue weighted by atomic mass is 16.2. The van der Waals surface area contributed by atoms with Crippen molar-refractivity contribution in [1.29, 1.82) is 0 Å². The smallest absolute Gasteiger partial charge is 0.237 e. The fourth-order valence-corrected chi connectivity index (χ4v) is 3.64. The first-order chi connectivity index (χ1) is 12.5. The van der Waals surface area contributed by atoms with Gasteiger partial charge < -0.3 is 9.80 Å². The van der Waals surface area contributed by atoms with Crippen LogP contribution in [0.15, 0.2) is 48.8 Å². The molecule has 1 fully saturated rings. The van der Waals surface area contributed by atoms with Crippen molar-refractivity contribution < 1.29 is 4.79 Å². The summed E-state index contributed by atoms with van der Waals surface area (Å²) in [6, 6.07) is 12.7. The minimum Gasteiger partial charge on any atom is -0.367 e. The van der Waals surface area contributed by atoms with Gasteiger partial charge in [-0.1, -0.05) is 18.2 Å². The van der Waals surface area contributed by atoms with Crippen LogP contribution in [0.2, 0.25) is 0 Å². The lowest BCUT2D eigenvalue weighted by atomic mass is 10.1.